The van der Waals surface area contributed by atoms with Crippen LogP contribution in [0.25, 0.3) is 11.1 Å². The molecule has 0 radical (unpaired) electrons. The standard InChI is InChI=1S/C16H17N3O/c1-2-12-3-5-13(6-4-12)14-9-17-16(18-10-14)19-8-7-15(20)11-19/h3-6,9-10H,2,7-8,11H2,1H3. The van der Waals surface area contributed by atoms with E-state index in [2.05, 4.69) is 41.2 Å². The van der Waals surface area contributed by atoms with Gasteiger partial charge in [-0.3, -0.25) is 4.79 Å². The lowest BCUT2D eigenvalue weighted by molar-refractivity contribution is -0.116. The molecule has 2 aromatic rings. The Hall–Kier alpha value is -2.23. The number of benzene rings is 1. The summed E-state index contributed by atoms with van der Waals surface area (Å²) in [5.74, 6) is 0.901. The maximum Gasteiger partial charge on any atom is 0.225 e. The molecule has 0 saturated carbocycles. The van der Waals surface area contributed by atoms with Crippen LogP contribution < -0.4 is 4.90 Å². The zero-order valence-corrected chi connectivity index (χ0v) is 11.5. The number of ketones is 1. The Morgan fingerprint density at radius 1 is 1.10 bits per heavy atom. The fourth-order valence-electron chi connectivity index (χ4n) is 2.37. The summed E-state index contributed by atoms with van der Waals surface area (Å²) in [5, 5.41) is 0. The quantitative estimate of drug-likeness (QED) is 0.857. The molecule has 1 aromatic heterocycles. The van der Waals surface area contributed by atoms with Crippen molar-refractivity contribution in [1.82, 2.24) is 9.97 Å². The summed E-state index contributed by atoms with van der Waals surface area (Å²) in [6.45, 7) is 3.30. The van der Waals surface area contributed by atoms with Crippen LogP contribution in [0.3, 0.4) is 0 Å². The second kappa shape index (κ2) is 5.41. The van der Waals surface area contributed by atoms with Crippen molar-refractivity contribution in [3.8, 4) is 11.1 Å². The molecule has 1 fully saturated rings. The van der Waals surface area contributed by atoms with Gasteiger partial charge in [-0.2, -0.15) is 0 Å². The van der Waals surface area contributed by atoms with E-state index in [-0.39, 0.29) is 5.78 Å². The van der Waals surface area contributed by atoms with E-state index in [0.717, 1.165) is 24.1 Å². The Balaban J connectivity index is 1.79. The highest BCUT2D eigenvalue weighted by atomic mass is 16.1. The smallest absolute Gasteiger partial charge is 0.225 e. The first-order valence-corrected chi connectivity index (χ1v) is 6.94. The van der Waals surface area contributed by atoms with Crippen molar-refractivity contribution in [2.24, 2.45) is 0 Å². The van der Waals surface area contributed by atoms with Crippen LogP contribution in [-0.4, -0.2) is 28.8 Å². The molecule has 0 spiro atoms. The fraction of sp³-hybridized carbons (Fsp3) is 0.312. The summed E-state index contributed by atoms with van der Waals surface area (Å²) < 4.78 is 0. The van der Waals surface area contributed by atoms with Gasteiger partial charge in [0.05, 0.1) is 6.54 Å². The average molecular weight is 267 g/mol. The number of nitrogens with zero attached hydrogens (tertiary/aromatic N) is 3. The van der Waals surface area contributed by atoms with Crippen LogP contribution in [0.2, 0.25) is 0 Å². The largest absolute Gasteiger partial charge is 0.333 e. The second-order valence-corrected chi connectivity index (χ2v) is 5.03. The molecular formula is C16H17N3O. The van der Waals surface area contributed by atoms with E-state index in [0.29, 0.717) is 18.9 Å². The van der Waals surface area contributed by atoms with Crippen molar-refractivity contribution < 1.29 is 4.79 Å². The van der Waals surface area contributed by atoms with E-state index in [1.54, 1.807) is 0 Å². The molecule has 1 aromatic carbocycles. The Bertz CT molecular complexity index is 605. The van der Waals surface area contributed by atoms with E-state index < -0.39 is 0 Å². The molecule has 0 N–H and O–H groups in total. The van der Waals surface area contributed by atoms with Crippen molar-refractivity contribution in [3.63, 3.8) is 0 Å². The summed E-state index contributed by atoms with van der Waals surface area (Å²) in [7, 11) is 0. The molecule has 3 rings (SSSR count). The first-order chi connectivity index (χ1) is 9.76. The number of hydrogen-bond donors (Lipinski definition) is 0. The molecule has 2 heterocycles. The van der Waals surface area contributed by atoms with Crippen molar-refractivity contribution in [2.45, 2.75) is 19.8 Å². The summed E-state index contributed by atoms with van der Waals surface area (Å²) in [6.07, 6.45) is 5.29. The Kier molecular flexibility index (Phi) is 3.46. The number of Topliss-reactive ketones (excluding diaryl/α,β-unsaturated/α-hetero) is 1. The van der Waals surface area contributed by atoms with Crippen molar-refractivity contribution in [1.29, 1.82) is 0 Å². The molecule has 1 saturated heterocycles. The summed E-state index contributed by atoms with van der Waals surface area (Å²) in [4.78, 5) is 22.0. The maximum atomic E-state index is 11.3. The molecule has 0 atom stereocenters. The molecule has 1 aliphatic rings. The first kappa shape index (κ1) is 12.8. The van der Waals surface area contributed by atoms with Gasteiger partial charge >= 0.3 is 0 Å². The minimum absolute atomic E-state index is 0.257. The molecule has 0 amide bonds. The first-order valence-electron chi connectivity index (χ1n) is 6.94. The average Bonchev–Trinajstić information content (AvgIpc) is 2.94. The van der Waals surface area contributed by atoms with E-state index in [1.165, 1.54) is 5.56 Å². The minimum Gasteiger partial charge on any atom is -0.333 e. The lowest BCUT2D eigenvalue weighted by Gasteiger charge is -2.13. The highest BCUT2D eigenvalue weighted by Crippen LogP contribution is 2.20. The van der Waals surface area contributed by atoms with Crippen molar-refractivity contribution in [3.05, 3.63) is 42.2 Å². The van der Waals surface area contributed by atoms with Crippen molar-refractivity contribution in [2.75, 3.05) is 18.0 Å². The number of carbonyl (C=O) groups is 1. The van der Waals surface area contributed by atoms with Crippen LogP contribution in [0.15, 0.2) is 36.7 Å². The highest BCUT2D eigenvalue weighted by Gasteiger charge is 2.21. The van der Waals surface area contributed by atoms with Gasteiger partial charge in [0.2, 0.25) is 5.95 Å². The van der Waals surface area contributed by atoms with Gasteiger partial charge in [-0.25, -0.2) is 9.97 Å². The third-order valence-corrected chi connectivity index (χ3v) is 3.64. The van der Waals surface area contributed by atoms with E-state index in [9.17, 15) is 4.79 Å². The lowest BCUT2D eigenvalue weighted by Crippen LogP contribution is -2.21. The summed E-state index contributed by atoms with van der Waals surface area (Å²) in [6, 6.07) is 8.44. The van der Waals surface area contributed by atoms with Gasteiger partial charge in [0.15, 0.2) is 5.78 Å². The number of aromatic nitrogens is 2. The van der Waals surface area contributed by atoms with Gasteiger partial charge in [0.1, 0.15) is 0 Å². The van der Waals surface area contributed by atoms with Crippen LogP contribution in [0.4, 0.5) is 5.95 Å². The van der Waals surface area contributed by atoms with Crippen LogP contribution in [-0.2, 0) is 11.2 Å². The third-order valence-electron chi connectivity index (χ3n) is 3.64. The fourth-order valence-corrected chi connectivity index (χ4v) is 2.37. The Labute approximate surface area is 118 Å². The number of aryl methyl sites for hydroxylation is 1. The summed E-state index contributed by atoms with van der Waals surface area (Å²) >= 11 is 0. The van der Waals surface area contributed by atoms with Gasteiger partial charge in [-0.05, 0) is 17.5 Å². The monoisotopic (exact) mass is 267 g/mol. The molecule has 102 valence electrons. The zero-order chi connectivity index (χ0) is 13.9. The Morgan fingerprint density at radius 2 is 1.80 bits per heavy atom. The topological polar surface area (TPSA) is 46.1 Å². The number of hydrogen-bond acceptors (Lipinski definition) is 4. The van der Waals surface area contributed by atoms with E-state index >= 15 is 0 Å². The van der Waals surface area contributed by atoms with Crippen LogP contribution in [0.5, 0.6) is 0 Å². The predicted molar refractivity (Wildman–Crippen MR) is 78.7 cm³/mol. The summed E-state index contributed by atoms with van der Waals surface area (Å²) in [5.41, 5.74) is 3.44. The SMILES string of the molecule is CCc1ccc(-c2cnc(N3CCC(=O)C3)nc2)cc1. The van der Waals surface area contributed by atoms with E-state index in [4.69, 9.17) is 0 Å². The zero-order valence-electron chi connectivity index (χ0n) is 11.5. The molecule has 20 heavy (non-hydrogen) atoms. The Morgan fingerprint density at radius 3 is 2.35 bits per heavy atom. The van der Waals surface area contributed by atoms with Crippen LogP contribution >= 0.6 is 0 Å². The molecule has 4 heteroatoms. The van der Waals surface area contributed by atoms with E-state index in [1.807, 2.05) is 17.3 Å². The van der Waals surface area contributed by atoms with Gasteiger partial charge in [-0.15, -0.1) is 0 Å². The normalized spacial score (nSPS) is 14.8. The lowest BCUT2D eigenvalue weighted by atomic mass is 10.1. The molecular weight excluding hydrogens is 250 g/mol. The maximum absolute atomic E-state index is 11.3. The van der Waals surface area contributed by atoms with Gasteiger partial charge in [0, 0.05) is 30.9 Å². The van der Waals surface area contributed by atoms with Gasteiger partial charge in [-0.1, -0.05) is 31.2 Å². The molecule has 0 bridgehead atoms. The second-order valence-electron chi connectivity index (χ2n) is 5.03. The number of anilines is 1. The molecule has 0 aliphatic carbocycles. The van der Waals surface area contributed by atoms with Crippen LogP contribution in [0, 0.1) is 0 Å². The third kappa shape index (κ3) is 2.54. The van der Waals surface area contributed by atoms with Crippen molar-refractivity contribution >= 4 is 11.7 Å². The minimum atomic E-state index is 0.257. The number of rotatable bonds is 3. The van der Waals surface area contributed by atoms with Crippen LogP contribution in [0.1, 0.15) is 18.9 Å². The molecule has 1 aliphatic heterocycles. The van der Waals surface area contributed by atoms with Gasteiger partial charge < -0.3 is 4.90 Å². The highest BCUT2D eigenvalue weighted by molar-refractivity contribution is 5.86. The van der Waals surface area contributed by atoms with Gasteiger partial charge in [0.25, 0.3) is 0 Å². The molecule has 4 nitrogen and oxygen atoms in total. The predicted octanol–water partition coefficient (Wildman–Crippen LogP) is 2.49. The number of carbonyl (C=O) groups excluding carboxylic acids is 1. The molecule has 0 unspecified atom stereocenters.